The summed E-state index contributed by atoms with van der Waals surface area (Å²) in [6.07, 6.45) is -3.05. The first-order valence-corrected chi connectivity index (χ1v) is 8.87. The van der Waals surface area contributed by atoms with Crippen LogP contribution in [0, 0.1) is 5.41 Å². The number of hydrogen-bond acceptors (Lipinski definition) is 2. The number of imide groups is 1. The van der Waals surface area contributed by atoms with Gasteiger partial charge in [-0.25, -0.2) is 0 Å². The van der Waals surface area contributed by atoms with Gasteiger partial charge in [0.05, 0.1) is 17.5 Å². The average Bonchev–Trinajstić information content (AvgIpc) is 3.38. The van der Waals surface area contributed by atoms with E-state index in [2.05, 4.69) is 0 Å². The minimum atomic E-state index is -4.38. The Hall–Kier alpha value is -2.63. The lowest BCUT2D eigenvalue weighted by Gasteiger charge is -2.32. The van der Waals surface area contributed by atoms with Crippen molar-refractivity contribution < 1.29 is 22.8 Å². The van der Waals surface area contributed by atoms with Gasteiger partial charge < -0.3 is 0 Å². The molecule has 2 fully saturated rings. The molecule has 0 N–H and O–H groups in total. The maximum Gasteiger partial charge on any atom is 0.416 e. The molecule has 1 unspecified atom stereocenters. The molecule has 1 saturated heterocycles. The SMILES string of the molecule is O=C1CCC2(C[C@@H]2c2ccc(C(F)(F)F)cc2)C(=O)N1Cc1ccccc1. The van der Waals surface area contributed by atoms with Crippen LogP contribution in [0.5, 0.6) is 0 Å². The Morgan fingerprint density at radius 3 is 2.30 bits per heavy atom. The Kier molecular flexibility index (Phi) is 4.09. The van der Waals surface area contributed by atoms with Gasteiger partial charge in [0, 0.05) is 6.42 Å². The van der Waals surface area contributed by atoms with Gasteiger partial charge in [-0.3, -0.25) is 14.5 Å². The summed E-state index contributed by atoms with van der Waals surface area (Å²) in [5, 5.41) is 0. The fourth-order valence-electron chi connectivity index (χ4n) is 4.04. The van der Waals surface area contributed by atoms with Crippen LogP contribution in [0.25, 0.3) is 0 Å². The highest BCUT2D eigenvalue weighted by Gasteiger charge is 2.63. The molecule has 140 valence electrons. The smallest absolute Gasteiger partial charge is 0.278 e. The largest absolute Gasteiger partial charge is 0.416 e. The molecule has 2 aliphatic rings. The molecule has 2 atom stereocenters. The van der Waals surface area contributed by atoms with Crippen LogP contribution in [0.15, 0.2) is 54.6 Å². The molecule has 6 heteroatoms. The van der Waals surface area contributed by atoms with Crippen LogP contribution < -0.4 is 0 Å². The summed E-state index contributed by atoms with van der Waals surface area (Å²) in [7, 11) is 0. The highest BCUT2D eigenvalue weighted by Crippen LogP contribution is 2.64. The van der Waals surface area contributed by atoms with Crippen molar-refractivity contribution in [2.24, 2.45) is 5.41 Å². The minimum Gasteiger partial charge on any atom is -0.278 e. The van der Waals surface area contributed by atoms with Crippen molar-refractivity contribution in [1.82, 2.24) is 4.90 Å². The molecular weight excluding hydrogens is 355 g/mol. The van der Waals surface area contributed by atoms with Crippen LogP contribution in [0.4, 0.5) is 13.2 Å². The van der Waals surface area contributed by atoms with E-state index in [9.17, 15) is 22.8 Å². The lowest BCUT2D eigenvalue weighted by Crippen LogP contribution is -2.46. The summed E-state index contributed by atoms with van der Waals surface area (Å²) in [5.74, 6) is -0.515. The van der Waals surface area contributed by atoms with Crippen molar-refractivity contribution in [3.63, 3.8) is 0 Å². The zero-order chi connectivity index (χ0) is 19.2. The van der Waals surface area contributed by atoms with Gasteiger partial charge in [-0.2, -0.15) is 13.2 Å². The Bertz CT molecular complexity index is 877. The van der Waals surface area contributed by atoms with Gasteiger partial charge in [-0.15, -0.1) is 0 Å². The number of nitrogens with zero attached hydrogens (tertiary/aromatic N) is 1. The standard InChI is InChI=1S/C21H18F3NO2/c22-21(23,24)16-8-6-15(7-9-16)17-12-20(17)11-10-18(26)25(19(20)27)13-14-4-2-1-3-5-14/h1-9,17H,10-13H2/t17-,20?/m1/s1. The summed E-state index contributed by atoms with van der Waals surface area (Å²) in [6.45, 7) is 0.236. The number of halogens is 3. The summed E-state index contributed by atoms with van der Waals surface area (Å²) in [6, 6.07) is 14.3. The van der Waals surface area contributed by atoms with E-state index in [0.29, 0.717) is 12.8 Å². The van der Waals surface area contributed by atoms with Crippen molar-refractivity contribution in [3.8, 4) is 0 Å². The van der Waals surface area contributed by atoms with Crippen LogP contribution in [0.2, 0.25) is 0 Å². The number of carbonyl (C=O) groups is 2. The molecule has 1 spiro atoms. The fourth-order valence-corrected chi connectivity index (χ4v) is 4.04. The van der Waals surface area contributed by atoms with Gasteiger partial charge in [0.2, 0.25) is 11.8 Å². The molecule has 1 aliphatic carbocycles. The normalized spacial score (nSPS) is 25.1. The molecule has 0 bridgehead atoms. The lowest BCUT2D eigenvalue weighted by molar-refractivity contribution is -0.154. The van der Waals surface area contributed by atoms with Crippen molar-refractivity contribution >= 4 is 11.8 Å². The van der Waals surface area contributed by atoms with E-state index in [0.717, 1.165) is 23.3 Å². The number of rotatable bonds is 3. The van der Waals surface area contributed by atoms with Gasteiger partial charge in [0.1, 0.15) is 0 Å². The Balaban J connectivity index is 1.54. The number of hydrogen-bond donors (Lipinski definition) is 0. The highest BCUT2D eigenvalue weighted by atomic mass is 19.4. The van der Waals surface area contributed by atoms with Crippen LogP contribution >= 0.6 is 0 Å². The molecule has 0 aromatic heterocycles. The Morgan fingerprint density at radius 1 is 1.00 bits per heavy atom. The molecule has 2 aromatic carbocycles. The lowest BCUT2D eigenvalue weighted by atomic mass is 9.88. The molecule has 4 rings (SSSR count). The molecule has 1 saturated carbocycles. The first-order valence-electron chi connectivity index (χ1n) is 8.87. The molecule has 1 aliphatic heterocycles. The molecule has 0 radical (unpaired) electrons. The Labute approximate surface area is 154 Å². The number of benzene rings is 2. The molecular formula is C21H18F3NO2. The maximum absolute atomic E-state index is 13.1. The number of likely N-dealkylation sites (tertiary alicyclic amines) is 1. The van der Waals surface area contributed by atoms with Crippen molar-refractivity contribution in [2.75, 3.05) is 0 Å². The van der Waals surface area contributed by atoms with Crippen LogP contribution in [-0.4, -0.2) is 16.7 Å². The molecule has 27 heavy (non-hydrogen) atoms. The van der Waals surface area contributed by atoms with Gasteiger partial charge in [0.15, 0.2) is 0 Å². The number of amides is 2. The van der Waals surface area contributed by atoms with Crippen LogP contribution in [0.3, 0.4) is 0 Å². The molecule has 1 heterocycles. The van der Waals surface area contributed by atoms with Crippen LogP contribution in [0.1, 0.15) is 41.9 Å². The third-order valence-corrected chi connectivity index (χ3v) is 5.66. The summed E-state index contributed by atoms with van der Waals surface area (Å²) in [5.41, 5.74) is 0.257. The highest BCUT2D eigenvalue weighted by molar-refractivity contribution is 6.02. The van der Waals surface area contributed by atoms with E-state index in [1.165, 1.54) is 17.0 Å². The van der Waals surface area contributed by atoms with Crippen molar-refractivity contribution in [2.45, 2.75) is 37.9 Å². The van der Waals surface area contributed by atoms with E-state index in [-0.39, 0.29) is 30.7 Å². The molecule has 2 amide bonds. The average molecular weight is 373 g/mol. The van der Waals surface area contributed by atoms with Crippen molar-refractivity contribution in [1.29, 1.82) is 0 Å². The van der Waals surface area contributed by atoms with Crippen molar-refractivity contribution in [3.05, 3.63) is 71.3 Å². The first-order chi connectivity index (χ1) is 12.8. The summed E-state index contributed by atoms with van der Waals surface area (Å²) in [4.78, 5) is 26.7. The zero-order valence-electron chi connectivity index (χ0n) is 14.5. The quantitative estimate of drug-likeness (QED) is 0.742. The minimum absolute atomic E-state index is 0.126. The van der Waals surface area contributed by atoms with E-state index < -0.39 is 17.2 Å². The van der Waals surface area contributed by atoms with E-state index in [4.69, 9.17) is 0 Å². The maximum atomic E-state index is 13.1. The third kappa shape index (κ3) is 3.13. The molecule has 3 nitrogen and oxygen atoms in total. The Morgan fingerprint density at radius 2 is 1.67 bits per heavy atom. The number of carbonyl (C=O) groups excluding carboxylic acids is 2. The predicted octanol–water partition coefficient (Wildman–Crippen LogP) is 4.53. The number of alkyl halides is 3. The second-order valence-electron chi connectivity index (χ2n) is 7.30. The third-order valence-electron chi connectivity index (χ3n) is 5.66. The molecule has 2 aromatic rings. The van der Waals surface area contributed by atoms with Gasteiger partial charge >= 0.3 is 6.18 Å². The predicted molar refractivity (Wildman–Crippen MR) is 92.5 cm³/mol. The second kappa shape index (κ2) is 6.22. The second-order valence-corrected chi connectivity index (χ2v) is 7.30. The summed E-state index contributed by atoms with van der Waals surface area (Å²) >= 11 is 0. The first kappa shape index (κ1) is 17.8. The van der Waals surface area contributed by atoms with Gasteiger partial charge in [-0.1, -0.05) is 42.5 Å². The van der Waals surface area contributed by atoms with E-state index in [1.807, 2.05) is 30.3 Å². The summed E-state index contributed by atoms with van der Waals surface area (Å²) < 4.78 is 38.2. The van der Waals surface area contributed by atoms with Gasteiger partial charge in [0.25, 0.3) is 0 Å². The monoisotopic (exact) mass is 373 g/mol. The van der Waals surface area contributed by atoms with E-state index in [1.54, 1.807) is 0 Å². The van der Waals surface area contributed by atoms with Gasteiger partial charge in [-0.05, 0) is 42.0 Å². The fraction of sp³-hybridized carbons (Fsp3) is 0.333. The number of piperidine rings is 1. The topological polar surface area (TPSA) is 37.4 Å². The van der Waals surface area contributed by atoms with Crippen LogP contribution in [-0.2, 0) is 22.3 Å². The van der Waals surface area contributed by atoms with E-state index >= 15 is 0 Å². The zero-order valence-corrected chi connectivity index (χ0v) is 14.5.